The van der Waals surface area contributed by atoms with Gasteiger partial charge in [-0.05, 0) is 22.0 Å². The highest BCUT2D eigenvalue weighted by Crippen LogP contribution is 2.38. The van der Waals surface area contributed by atoms with Gasteiger partial charge in [0.1, 0.15) is 5.88 Å². The highest BCUT2D eigenvalue weighted by atomic mass is 79.9. The summed E-state index contributed by atoms with van der Waals surface area (Å²) in [5.41, 5.74) is -0.324. The van der Waals surface area contributed by atoms with E-state index in [-0.39, 0.29) is 38.0 Å². The molecular formula is C17H9BrClNO5. The number of carboxylic acids is 1. The van der Waals surface area contributed by atoms with E-state index in [4.69, 9.17) is 11.6 Å². The van der Waals surface area contributed by atoms with E-state index in [2.05, 4.69) is 21.2 Å². The van der Waals surface area contributed by atoms with Crippen LogP contribution < -0.4 is 5.32 Å². The predicted molar refractivity (Wildman–Crippen MR) is 93.8 cm³/mol. The monoisotopic (exact) mass is 421 g/mol. The van der Waals surface area contributed by atoms with Crippen LogP contribution in [0.2, 0.25) is 0 Å². The molecule has 1 amide bonds. The lowest BCUT2D eigenvalue weighted by atomic mass is 9.82. The zero-order valence-electron chi connectivity index (χ0n) is 12.4. The van der Waals surface area contributed by atoms with Crippen LogP contribution in [0.3, 0.4) is 0 Å². The Bertz CT molecular complexity index is 970. The second-order valence-corrected chi connectivity index (χ2v) is 6.34. The fourth-order valence-electron chi connectivity index (χ4n) is 2.72. The van der Waals surface area contributed by atoms with Gasteiger partial charge >= 0.3 is 5.97 Å². The number of rotatable bonds is 3. The zero-order chi connectivity index (χ0) is 18.3. The summed E-state index contributed by atoms with van der Waals surface area (Å²) < 4.78 is 0.164. The van der Waals surface area contributed by atoms with E-state index in [0.29, 0.717) is 0 Å². The largest absolute Gasteiger partial charge is 0.478 e. The maximum atomic E-state index is 12.9. The summed E-state index contributed by atoms with van der Waals surface area (Å²) in [5, 5.41) is 11.8. The van der Waals surface area contributed by atoms with Gasteiger partial charge in [0, 0.05) is 15.6 Å². The van der Waals surface area contributed by atoms with Gasteiger partial charge in [-0.3, -0.25) is 14.4 Å². The molecule has 2 aromatic rings. The number of anilines is 1. The first-order valence-electron chi connectivity index (χ1n) is 7.00. The van der Waals surface area contributed by atoms with Crippen LogP contribution in [0.4, 0.5) is 5.69 Å². The van der Waals surface area contributed by atoms with E-state index >= 15 is 0 Å². The molecule has 0 unspecified atom stereocenters. The molecule has 25 heavy (non-hydrogen) atoms. The Hall–Kier alpha value is -2.51. The summed E-state index contributed by atoms with van der Waals surface area (Å²) in [7, 11) is 0. The Labute approximate surface area is 154 Å². The van der Waals surface area contributed by atoms with Gasteiger partial charge in [0.15, 0.2) is 11.6 Å². The minimum atomic E-state index is -1.35. The number of benzene rings is 2. The first-order valence-corrected chi connectivity index (χ1v) is 8.33. The van der Waals surface area contributed by atoms with Crippen LogP contribution in [0, 0.1) is 0 Å². The molecule has 6 nitrogen and oxygen atoms in total. The molecule has 0 radical (unpaired) electrons. The SMILES string of the molecule is O=C(CCl)Nc1c(C(=O)O)cc(Br)c2c1C(=O)c1ccccc1C2=O. The van der Waals surface area contributed by atoms with Crippen molar-refractivity contribution >= 4 is 56.7 Å². The van der Waals surface area contributed by atoms with Crippen molar-refractivity contribution in [2.24, 2.45) is 0 Å². The van der Waals surface area contributed by atoms with E-state index in [1.165, 1.54) is 18.2 Å². The molecule has 0 aliphatic heterocycles. The minimum absolute atomic E-state index is 0.0126. The van der Waals surface area contributed by atoms with Crippen molar-refractivity contribution in [3.05, 3.63) is 62.6 Å². The van der Waals surface area contributed by atoms with Crippen molar-refractivity contribution < 1.29 is 24.3 Å². The lowest BCUT2D eigenvalue weighted by molar-refractivity contribution is -0.113. The number of amides is 1. The first-order chi connectivity index (χ1) is 11.9. The number of fused-ring (bicyclic) bond motifs is 2. The Morgan fingerprint density at radius 3 is 2.16 bits per heavy atom. The van der Waals surface area contributed by atoms with Gasteiger partial charge in [0.25, 0.3) is 0 Å². The van der Waals surface area contributed by atoms with Gasteiger partial charge in [-0.25, -0.2) is 4.79 Å². The molecule has 1 aliphatic rings. The van der Waals surface area contributed by atoms with Crippen molar-refractivity contribution in [3.63, 3.8) is 0 Å². The van der Waals surface area contributed by atoms with Crippen molar-refractivity contribution in [2.45, 2.75) is 0 Å². The summed E-state index contributed by atoms with van der Waals surface area (Å²) in [5.74, 6) is -3.45. The van der Waals surface area contributed by atoms with E-state index in [1.54, 1.807) is 12.1 Å². The third-order valence-electron chi connectivity index (χ3n) is 3.77. The van der Waals surface area contributed by atoms with Crippen molar-refractivity contribution in [3.8, 4) is 0 Å². The number of nitrogens with one attached hydrogen (secondary N) is 1. The lowest BCUT2D eigenvalue weighted by Crippen LogP contribution is -2.26. The summed E-state index contributed by atoms with van der Waals surface area (Å²) >= 11 is 8.64. The number of aromatic carboxylic acids is 1. The summed E-state index contributed by atoms with van der Waals surface area (Å²) in [6, 6.07) is 7.41. The molecule has 3 rings (SSSR count). The lowest BCUT2D eigenvalue weighted by Gasteiger charge is -2.23. The van der Waals surface area contributed by atoms with Gasteiger partial charge in [-0.1, -0.05) is 24.3 Å². The van der Waals surface area contributed by atoms with Crippen LogP contribution in [-0.4, -0.2) is 34.4 Å². The molecule has 0 saturated carbocycles. The Morgan fingerprint density at radius 2 is 1.64 bits per heavy atom. The number of hydrogen-bond acceptors (Lipinski definition) is 4. The zero-order valence-corrected chi connectivity index (χ0v) is 14.8. The maximum absolute atomic E-state index is 12.9. The Morgan fingerprint density at radius 1 is 1.08 bits per heavy atom. The topological polar surface area (TPSA) is 101 Å². The predicted octanol–water partition coefficient (Wildman–Crippen LogP) is 3.10. The van der Waals surface area contributed by atoms with Gasteiger partial charge in [-0.15, -0.1) is 11.6 Å². The second-order valence-electron chi connectivity index (χ2n) is 5.22. The fourth-order valence-corrected chi connectivity index (χ4v) is 3.39. The summed E-state index contributed by atoms with van der Waals surface area (Å²) in [6.45, 7) is 0. The van der Waals surface area contributed by atoms with Crippen molar-refractivity contribution in [1.29, 1.82) is 0 Å². The molecule has 2 aromatic carbocycles. The average Bonchev–Trinajstić information content (AvgIpc) is 2.60. The number of carbonyl (C=O) groups is 4. The van der Waals surface area contributed by atoms with Gasteiger partial charge < -0.3 is 10.4 Å². The third kappa shape index (κ3) is 2.75. The summed E-state index contributed by atoms with van der Waals surface area (Å²) in [4.78, 5) is 49.0. The average molecular weight is 423 g/mol. The first kappa shape index (κ1) is 17.3. The number of carboxylic acid groups (broad SMARTS) is 1. The van der Waals surface area contributed by atoms with Crippen molar-refractivity contribution in [2.75, 3.05) is 11.2 Å². The normalized spacial score (nSPS) is 12.4. The molecule has 1 aliphatic carbocycles. The number of alkyl halides is 1. The Balaban J connectivity index is 2.37. The minimum Gasteiger partial charge on any atom is -0.478 e. The van der Waals surface area contributed by atoms with E-state index in [9.17, 15) is 24.3 Å². The molecule has 0 bridgehead atoms. The molecule has 0 saturated heterocycles. The molecule has 8 heteroatoms. The number of hydrogen-bond donors (Lipinski definition) is 2. The van der Waals surface area contributed by atoms with Gasteiger partial charge in [-0.2, -0.15) is 0 Å². The second kappa shape index (κ2) is 6.42. The Kier molecular flexibility index (Phi) is 4.45. The van der Waals surface area contributed by atoms with E-state index < -0.39 is 29.3 Å². The number of halogens is 2. The molecule has 0 fully saturated rings. The van der Waals surface area contributed by atoms with Crippen molar-refractivity contribution in [1.82, 2.24) is 0 Å². The van der Waals surface area contributed by atoms with Gasteiger partial charge in [0.2, 0.25) is 5.91 Å². The van der Waals surface area contributed by atoms with Crippen LogP contribution in [0.15, 0.2) is 34.8 Å². The number of ketones is 2. The maximum Gasteiger partial charge on any atom is 0.337 e. The highest BCUT2D eigenvalue weighted by Gasteiger charge is 2.36. The van der Waals surface area contributed by atoms with Crippen LogP contribution in [0.25, 0.3) is 0 Å². The third-order valence-corrected chi connectivity index (χ3v) is 4.63. The quantitative estimate of drug-likeness (QED) is 0.632. The molecule has 2 N–H and O–H groups in total. The van der Waals surface area contributed by atoms with Crippen LogP contribution in [0.1, 0.15) is 42.2 Å². The smallest absolute Gasteiger partial charge is 0.337 e. The molecule has 126 valence electrons. The molecular weight excluding hydrogens is 414 g/mol. The summed E-state index contributed by atoms with van der Waals surface area (Å²) in [6.07, 6.45) is 0. The highest BCUT2D eigenvalue weighted by molar-refractivity contribution is 9.10. The van der Waals surface area contributed by atoms with Crippen LogP contribution in [0.5, 0.6) is 0 Å². The molecule has 0 aromatic heterocycles. The standard InChI is InChI=1S/C17H9BrClNO5/c18-10-5-9(17(24)25)14(20-11(21)6-19)13-12(10)15(22)7-3-1-2-4-8(7)16(13)23/h1-5H,6H2,(H,20,21)(H,24,25). The van der Waals surface area contributed by atoms with Crippen LogP contribution in [-0.2, 0) is 4.79 Å². The van der Waals surface area contributed by atoms with Crippen LogP contribution >= 0.6 is 27.5 Å². The number of carbonyl (C=O) groups excluding carboxylic acids is 3. The fraction of sp³-hybridized carbons (Fsp3) is 0.0588. The molecule has 0 heterocycles. The van der Waals surface area contributed by atoms with Gasteiger partial charge in [0.05, 0.1) is 22.4 Å². The molecule has 0 atom stereocenters. The van der Waals surface area contributed by atoms with E-state index in [1.807, 2.05) is 0 Å². The van der Waals surface area contributed by atoms with E-state index in [0.717, 1.165) is 0 Å². The molecule has 0 spiro atoms.